The molecule has 0 radical (unpaired) electrons. The first kappa shape index (κ1) is 22.4. The molecule has 1 aliphatic rings. The monoisotopic (exact) mass is 403 g/mol. The Morgan fingerprint density at radius 1 is 1.21 bits per heavy atom. The topological polar surface area (TPSA) is 105 Å². The molecule has 29 heavy (non-hydrogen) atoms. The SMILES string of the molecule is CCC[C@@]1(c2ccccc2)NC(=O)N(CC(=O)N[C@@H](CC(C)C)C(=O)OC)C1=O. The molecule has 0 saturated carbocycles. The maximum atomic E-state index is 13.2. The van der Waals surface area contributed by atoms with Crippen molar-refractivity contribution in [2.75, 3.05) is 13.7 Å². The van der Waals surface area contributed by atoms with Gasteiger partial charge in [-0.2, -0.15) is 0 Å². The van der Waals surface area contributed by atoms with E-state index < -0.39 is 41.9 Å². The van der Waals surface area contributed by atoms with Gasteiger partial charge in [0.05, 0.1) is 7.11 Å². The Hall–Kier alpha value is -2.90. The Labute approximate surface area is 171 Å². The summed E-state index contributed by atoms with van der Waals surface area (Å²) in [6.07, 6.45) is 1.47. The third-order valence-corrected chi connectivity index (χ3v) is 4.90. The highest BCUT2D eigenvalue weighted by Gasteiger charge is 2.52. The fourth-order valence-electron chi connectivity index (χ4n) is 3.59. The second-order valence-electron chi connectivity index (χ2n) is 7.62. The predicted octanol–water partition coefficient (Wildman–Crippen LogP) is 1.94. The molecule has 1 aromatic carbocycles. The van der Waals surface area contributed by atoms with Gasteiger partial charge in [0, 0.05) is 0 Å². The molecule has 4 amide bonds. The summed E-state index contributed by atoms with van der Waals surface area (Å²) in [6.45, 7) is 5.29. The van der Waals surface area contributed by atoms with E-state index in [1.807, 2.05) is 26.8 Å². The third-order valence-electron chi connectivity index (χ3n) is 4.90. The van der Waals surface area contributed by atoms with Crippen LogP contribution in [0.15, 0.2) is 30.3 Å². The highest BCUT2D eigenvalue weighted by Crippen LogP contribution is 2.33. The van der Waals surface area contributed by atoms with Crippen LogP contribution in [0.1, 0.15) is 45.6 Å². The van der Waals surface area contributed by atoms with Crippen molar-refractivity contribution in [1.29, 1.82) is 0 Å². The molecule has 1 fully saturated rings. The maximum Gasteiger partial charge on any atom is 0.328 e. The summed E-state index contributed by atoms with van der Waals surface area (Å²) in [5, 5.41) is 5.35. The molecular weight excluding hydrogens is 374 g/mol. The summed E-state index contributed by atoms with van der Waals surface area (Å²) >= 11 is 0. The Balaban J connectivity index is 2.18. The molecule has 2 atom stereocenters. The van der Waals surface area contributed by atoms with E-state index in [2.05, 4.69) is 10.6 Å². The van der Waals surface area contributed by atoms with Gasteiger partial charge < -0.3 is 15.4 Å². The van der Waals surface area contributed by atoms with Crippen molar-refractivity contribution in [2.45, 2.75) is 51.6 Å². The number of esters is 1. The van der Waals surface area contributed by atoms with Gasteiger partial charge in [-0.3, -0.25) is 14.5 Å². The molecule has 0 aliphatic carbocycles. The lowest BCUT2D eigenvalue weighted by molar-refractivity contribution is -0.145. The minimum atomic E-state index is -1.19. The lowest BCUT2D eigenvalue weighted by Crippen LogP contribution is -2.48. The molecule has 1 aliphatic heterocycles. The number of carbonyl (C=O) groups excluding carboxylic acids is 4. The fraction of sp³-hybridized carbons (Fsp3) is 0.524. The number of amides is 4. The summed E-state index contributed by atoms with van der Waals surface area (Å²) in [4.78, 5) is 51.1. The summed E-state index contributed by atoms with van der Waals surface area (Å²) in [5.74, 6) is -1.48. The first-order chi connectivity index (χ1) is 13.7. The molecule has 8 nitrogen and oxygen atoms in total. The van der Waals surface area contributed by atoms with Crippen LogP contribution in [0.2, 0.25) is 0 Å². The van der Waals surface area contributed by atoms with Gasteiger partial charge in [0.25, 0.3) is 5.91 Å². The molecule has 1 heterocycles. The Morgan fingerprint density at radius 3 is 2.41 bits per heavy atom. The Morgan fingerprint density at radius 2 is 1.86 bits per heavy atom. The third kappa shape index (κ3) is 4.93. The van der Waals surface area contributed by atoms with E-state index in [0.29, 0.717) is 24.8 Å². The van der Waals surface area contributed by atoms with Crippen LogP contribution < -0.4 is 10.6 Å². The van der Waals surface area contributed by atoms with E-state index >= 15 is 0 Å². The highest BCUT2D eigenvalue weighted by molar-refractivity contribution is 6.09. The van der Waals surface area contributed by atoms with Gasteiger partial charge in [-0.25, -0.2) is 9.59 Å². The smallest absolute Gasteiger partial charge is 0.328 e. The number of carbonyl (C=O) groups is 4. The van der Waals surface area contributed by atoms with Crippen LogP contribution in [-0.2, 0) is 24.7 Å². The normalized spacial score (nSPS) is 19.8. The Bertz CT molecular complexity index is 765. The quantitative estimate of drug-likeness (QED) is 0.484. The molecule has 8 heteroatoms. The van der Waals surface area contributed by atoms with E-state index in [1.165, 1.54) is 7.11 Å². The van der Waals surface area contributed by atoms with E-state index in [0.717, 1.165) is 4.90 Å². The first-order valence-corrected chi connectivity index (χ1v) is 9.82. The molecule has 0 unspecified atom stereocenters. The van der Waals surface area contributed by atoms with Crippen LogP contribution in [-0.4, -0.2) is 48.4 Å². The number of hydrogen-bond acceptors (Lipinski definition) is 5. The van der Waals surface area contributed by atoms with Gasteiger partial charge in [-0.1, -0.05) is 57.5 Å². The van der Waals surface area contributed by atoms with Crippen molar-refractivity contribution in [3.63, 3.8) is 0 Å². The standard InChI is InChI=1S/C21H29N3O5/c1-5-11-21(15-9-7-6-8-10-15)19(27)24(20(28)23-21)13-17(25)22-16(12-14(2)3)18(26)29-4/h6-10,14,16H,5,11-13H2,1-4H3,(H,22,25)(H,23,28)/t16-,21-/m0/s1. The molecule has 2 N–H and O–H groups in total. The molecule has 0 aromatic heterocycles. The van der Waals surface area contributed by atoms with Gasteiger partial charge in [0.15, 0.2) is 0 Å². The number of nitrogens with zero attached hydrogens (tertiary/aromatic N) is 1. The van der Waals surface area contributed by atoms with Crippen molar-refractivity contribution < 1.29 is 23.9 Å². The number of imide groups is 1. The van der Waals surface area contributed by atoms with Crippen LogP contribution in [0.3, 0.4) is 0 Å². The van der Waals surface area contributed by atoms with Crippen LogP contribution in [0.4, 0.5) is 4.79 Å². The summed E-state index contributed by atoms with van der Waals surface area (Å²) < 4.78 is 4.74. The zero-order valence-corrected chi connectivity index (χ0v) is 17.4. The minimum Gasteiger partial charge on any atom is -0.467 e. The van der Waals surface area contributed by atoms with Gasteiger partial charge in [0.1, 0.15) is 18.1 Å². The maximum absolute atomic E-state index is 13.2. The molecule has 1 saturated heterocycles. The lowest BCUT2D eigenvalue weighted by Gasteiger charge is -2.27. The zero-order valence-electron chi connectivity index (χ0n) is 17.4. The van der Waals surface area contributed by atoms with Gasteiger partial charge >= 0.3 is 12.0 Å². The molecule has 2 rings (SSSR count). The molecule has 158 valence electrons. The van der Waals surface area contributed by atoms with Crippen LogP contribution >= 0.6 is 0 Å². The average molecular weight is 403 g/mol. The number of ether oxygens (including phenoxy) is 1. The zero-order chi connectivity index (χ0) is 21.6. The number of nitrogens with one attached hydrogen (secondary N) is 2. The molecule has 0 bridgehead atoms. The van der Waals surface area contributed by atoms with E-state index in [1.54, 1.807) is 24.3 Å². The number of methoxy groups -OCH3 is 1. The van der Waals surface area contributed by atoms with Crippen LogP contribution in [0.25, 0.3) is 0 Å². The predicted molar refractivity (Wildman–Crippen MR) is 107 cm³/mol. The minimum absolute atomic E-state index is 0.145. The number of urea groups is 1. The second-order valence-corrected chi connectivity index (χ2v) is 7.62. The number of hydrogen-bond donors (Lipinski definition) is 2. The van der Waals surface area contributed by atoms with E-state index in [-0.39, 0.29) is 5.92 Å². The first-order valence-electron chi connectivity index (χ1n) is 9.82. The second kappa shape index (κ2) is 9.54. The number of benzene rings is 1. The lowest BCUT2D eigenvalue weighted by atomic mass is 9.85. The van der Waals surface area contributed by atoms with Gasteiger partial charge in [0.2, 0.25) is 5.91 Å². The summed E-state index contributed by atoms with van der Waals surface area (Å²) in [6, 6.07) is 7.55. The van der Waals surface area contributed by atoms with Crippen LogP contribution in [0, 0.1) is 5.92 Å². The van der Waals surface area contributed by atoms with Crippen molar-refractivity contribution in [3.8, 4) is 0 Å². The van der Waals surface area contributed by atoms with Crippen molar-refractivity contribution >= 4 is 23.8 Å². The van der Waals surface area contributed by atoms with Crippen LogP contribution in [0.5, 0.6) is 0 Å². The van der Waals surface area contributed by atoms with Crippen molar-refractivity contribution in [1.82, 2.24) is 15.5 Å². The van der Waals surface area contributed by atoms with Crippen molar-refractivity contribution in [3.05, 3.63) is 35.9 Å². The molecule has 1 aromatic rings. The fourth-order valence-corrected chi connectivity index (χ4v) is 3.59. The highest BCUT2D eigenvalue weighted by atomic mass is 16.5. The molecular formula is C21H29N3O5. The Kier molecular flexibility index (Phi) is 7.36. The number of rotatable bonds is 9. The van der Waals surface area contributed by atoms with E-state index in [4.69, 9.17) is 4.74 Å². The van der Waals surface area contributed by atoms with Gasteiger partial charge in [-0.15, -0.1) is 0 Å². The summed E-state index contributed by atoms with van der Waals surface area (Å²) in [5.41, 5.74) is -0.511. The average Bonchev–Trinajstić information content (AvgIpc) is 2.92. The summed E-state index contributed by atoms with van der Waals surface area (Å²) in [7, 11) is 1.25. The van der Waals surface area contributed by atoms with Gasteiger partial charge in [-0.05, 0) is 24.3 Å². The molecule has 0 spiro atoms. The van der Waals surface area contributed by atoms with Crippen molar-refractivity contribution in [2.24, 2.45) is 5.92 Å². The van der Waals surface area contributed by atoms with E-state index in [9.17, 15) is 19.2 Å². The largest absolute Gasteiger partial charge is 0.467 e.